The second kappa shape index (κ2) is 12.0. The van der Waals surface area contributed by atoms with Gasteiger partial charge in [0.15, 0.2) is 6.29 Å². The maximum Gasteiger partial charge on any atom is 0.261 e. The highest BCUT2D eigenvalue weighted by Gasteiger charge is 2.50. The highest BCUT2D eigenvalue weighted by molar-refractivity contribution is 9.11. The molecule has 0 saturated heterocycles. The number of amides is 2. The molecule has 2 aromatic heterocycles. The van der Waals surface area contributed by atoms with E-state index < -0.39 is 6.29 Å². The molecule has 36 heavy (non-hydrogen) atoms. The minimum Gasteiger partial charge on any atom is -0.377 e. The number of fused-ring (bicyclic) bond motifs is 1. The number of hydrogen-bond donors (Lipinski definition) is 0. The lowest BCUT2D eigenvalue weighted by molar-refractivity contribution is -0.150. The number of rotatable bonds is 12. The van der Waals surface area contributed by atoms with Crippen LogP contribution in [0.1, 0.15) is 37.4 Å². The van der Waals surface area contributed by atoms with E-state index in [1.807, 2.05) is 52.0 Å². The van der Waals surface area contributed by atoms with Crippen molar-refractivity contribution < 1.29 is 23.8 Å². The molecule has 0 aromatic carbocycles. The molecule has 0 spiro atoms. The summed E-state index contributed by atoms with van der Waals surface area (Å²) in [5, 5.41) is 0. The molecule has 4 heterocycles. The molecule has 0 fully saturated rings. The van der Waals surface area contributed by atoms with Crippen LogP contribution >= 0.6 is 54.5 Å². The topological polar surface area (TPSA) is 68.3 Å². The Balaban J connectivity index is 1.89. The van der Waals surface area contributed by atoms with Gasteiger partial charge in [-0.05, 0) is 83.8 Å². The van der Waals surface area contributed by atoms with Crippen molar-refractivity contribution in [2.45, 2.75) is 40.1 Å². The van der Waals surface area contributed by atoms with Gasteiger partial charge in [0.1, 0.15) is 0 Å². The van der Waals surface area contributed by atoms with Crippen molar-refractivity contribution in [3.05, 3.63) is 52.7 Å². The molecule has 1 unspecified atom stereocenters. The van der Waals surface area contributed by atoms with E-state index in [-0.39, 0.29) is 24.5 Å². The lowest BCUT2D eigenvalue weighted by Crippen LogP contribution is -2.38. The number of halogens is 2. The van der Waals surface area contributed by atoms with Crippen LogP contribution in [-0.4, -0.2) is 66.9 Å². The molecular weight excluding hydrogens is 632 g/mol. The predicted octanol–water partition coefficient (Wildman–Crippen LogP) is 5.97. The van der Waals surface area contributed by atoms with Crippen molar-refractivity contribution in [2.24, 2.45) is 0 Å². The summed E-state index contributed by atoms with van der Waals surface area (Å²) in [4.78, 5) is 33.2. The van der Waals surface area contributed by atoms with Crippen molar-refractivity contribution in [3.8, 4) is 0 Å². The van der Waals surface area contributed by atoms with Gasteiger partial charge in [-0.3, -0.25) is 9.59 Å². The van der Waals surface area contributed by atoms with Crippen LogP contribution in [0.15, 0.2) is 43.0 Å². The van der Waals surface area contributed by atoms with Gasteiger partial charge in [-0.1, -0.05) is 0 Å². The summed E-state index contributed by atoms with van der Waals surface area (Å²) in [6.45, 7) is 9.60. The fraction of sp³-hybridized carbons (Fsp3) is 0.440. The standard InChI is InChI=1S/C25H28Br2N2O5S2/c1-5-32-14(4)12-28-22(15-8-10-17(26)35-15)20-21(24(28)30)23(16-9-11-18(27)36-16)29(25(20)31)13-19(33-6-2)34-7-3/h8-11,14,19H,5-7,12-13H2,1-4H3. The van der Waals surface area contributed by atoms with Crippen molar-refractivity contribution in [1.82, 2.24) is 9.80 Å². The highest BCUT2D eigenvalue weighted by Crippen LogP contribution is 2.49. The monoisotopic (exact) mass is 658 g/mol. The molecule has 7 nitrogen and oxygen atoms in total. The van der Waals surface area contributed by atoms with Gasteiger partial charge < -0.3 is 24.0 Å². The van der Waals surface area contributed by atoms with Gasteiger partial charge in [-0.15, -0.1) is 22.7 Å². The molecule has 11 heteroatoms. The molecule has 2 amide bonds. The Labute approximate surface area is 236 Å². The van der Waals surface area contributed by atoms with Gasteiger partial charge >= 0.3 is 0 Å². The molecule has 0 saturated carbocycles. The van der Waals surface area contributed by atoms with E-state index in [0.29, 0.717) is 48.9 Å². The van der Waals surface area contributed by atoms with Crippen LogP contribution in [0.2, 0.25) is 0 Å². The molecule has 0 radical (unpaired) electrons. The largest absolute Gasteiger partial charge is 0.377 e. The second-order valence-corrected chi connectivity index (χ2v) is 13.0. The minimum absolute atomic E-state index is 0.183. The fourth-order valence-electron chi connectivity index (χ4n) is 4.41. The first kappa shape index (κ1) is 27.7. The van der Waals surface area contributed by atoms with Gasteiger partial charge in [0.05, 0.1) is 59.1 Å². The summed E-state index contributed by atoms with van der Waals surface area (Å²) in [7, 11) is 0. The summed E-state index contributed by atoms with van der Waals surface area (Å²) in [6.07, 6.45) is -0.797. The molecule has 1 atom stereocenters. The third-order valence-electron chi connectivity index (χ3n) is 5.72. The Morgan fingerprint density at radius 2 is 1.19 bits per heavy atom. The van der Waals surface area contributed by atoms with Crippen LogP contribution in [0.3, 0.4) is 0 Å². The molecule has 0 bridgehead atoms. The number of nitrogens with zero attached hydrogens (tertiary/aromatic N) is 2. The van der Waals surface area contributed by atoms with Crippen molar-refractivity contribution in [3.63, 3.8) is 0 Å². The van der Waals surface area contributed by atoms with E-state index in [1.165, 1.54) is 22.7 Å². The number of ether oxygens (including phenoxy) is 3. The van der Waals surface area contributed by atoms with E-state index in [1.54, 1.807) is 9.80 Å². The van der Waals surface area contributed by atoms with Crippen LogP contribution in [0, 0.1) is 0 Å². The van der Waals surface area contributed by atoms with Gasteiger partial charge in [-0.25, -0.2) is 0 Å². The summed E-state index contributed by atoms with van der Waals surface area (Å²) in [6, 6.07) is 7.72. The Kier molecular flexibility index (Phi) is 9.24. The van der Waals surface area contributed by atoms with Crippen molar-refractivity contribution in [2.75, 3.05) is 32.9 Å². The maximum absolute atomic E-state index is 14.1. The van der Waals surface area contributed by atoms with E-state index in [4.69, 9.17) is 14.2 Å². The quantitative estimate of drug-likeness (QED) is 0.263. The second-order valence-electron chi connectivity index (χ2n) is 8.09. The molecule has 0 N–H and O–H groups in total. The number of carbonyl (C=O) groups excluding carboxylic acids is 2. The van der Waals surface area contributed by atoms with Gasteiger partial charge in [0.2, 0.25) is 0 Å². The highest BCUT2D eigenvalue weighted by atomic mass is 79.9. The van der Waals surface area contributed by atoms with Crippen LogP contribution in [-0.2, 0) is 23.8 Å². The first-order valence-corrected chi connectivity index (χ1v) is 15.0. The van der Waals surface area contributed by atoms with Crippen LogP contribution in [0.25, 0.3) is 11.4 Å². The Hall–Kier alpha value is -1.34. The lowest BCUT2D eigenvalue weighted by atomic mass is 10.1. The number of thiophene rings is 2. The molecule has 0 aliphatic carbocycles. The summed E-state index contributed by atoms with van der Waals surface area (Å²) < 4.78 is 19.1. The van der Waals surface area contributed by atoms with Gasteiger partial charge in [-0.2, -0.15) is 0 Å². The molecule has 2 aromatic rings. The summed E-state index contributed by atoms with van der Waals surface area (Å²) in [5.74, 6) is -0.427. The number of carbonyl (C=O) groups is 2. The zero-order chi connectivity index (χ0) is 26.0. The van der Waals surface area contributed by atoms with Crippen LogP contribution in [0.4, 0.5) is 0 Å². The average Bonchev–Trinajstić information content (AvgIpc) is 3.57. The van der Waals surface area contributed by atoms with E-state index >= 15 is 0 Å². The lowest BCUT2D eigenvalue weighted by Gasteiger charge is -2.28. The maximum atomic E-state index is 14.1. The smallest absolute Gasteiger partial charge is 0.261 e. The Bertz CT molecular complexity index is 1200. The Morgan fingerprint density at radius 3 is 1.58 bits per heavy atom. The zero-order valence-electron chi connectivity index (χ0n) is 20.5. The first-order chi connectivity index (χ1) is 17.3. The molecule has 2 aliphatic heterocycles. The van der Waals surface area contributed by atoms with E-state index in [0.717, 1.165) is 17.3 Å². The SMILES string of the molecule is CCOC(C)CN1C(=O)C2=C(c3ccc(Br)s3)N(CC(OCC)OCC)C(=O)C2=C1c1ccc(Br)s1. The van der Waals surface area contributed by atoms with E-state index in [9.17, 15) is 9.59 Å². The predicted molar refractivity (Wildman–Crippen MR) is 149 cm³/mol. The molecule has 4 rings (SSSR count). The first-order valence-electron chi connectivity index (χ1n) is 11.8. The van der Waals surface area contributed by atoms with Crippen molar-refractivity contribution in [1.29, 1.82) is 0 Å². The Morgan fingerprint density at radius 1 is 0.750 bits per heavy atom. The molecular formula is C25H28Br2N2O5S2. The third-order valence-corrected chi connectivity index (χ3v) is 8.98. The van der Waals surface area contributed by atoms with Gasteiger partial charge in [0, 0.05) is 19.8 Å². The van der Waals surface area contributed by atoms with Crippen LogP contribution in [0.5, 0.6) is 0 Å². The van der Waals surface area contributed by atoms with Crippen molar-refractivity contribution >= 4 is 77.7 Å². The minimum atomic E-state index is -0.606. The summed E-state index contributed by atoms with van der Waals surface area (Å²) >= 11 is 10.0. The molecule has 194 valence electrons. The fourth-order valence-corrected chi connectivity index (χ4v) is 7.30. The average molecular weight is 660 g/mol. The third kappa shape index (κ3) is 5.43. The van der Waals surface area contributed by atoms with Crippen LogP contribution < -0.4 is 0 Å². The summed E-state index contributed by atoms with van der Waals surface area (Å²) in [5.41, 5.74) is 2.07. The van der Waals surface area contributed by atoms with Gasteiger partial charge in [0.25, 0.3) is 11.8 Å². The zero-order valence-corrected chi connectivity index (χ0v) is 25.3. The number of hydrogen-bond acceptors (Lipinski definition) is 7. The normalized spacial score (nSPS) is 16.9. The molecule has 2 aliphatic rings. The van der Waals surface area contributed by atoms with E-state index in [2.05, 4.69) is 31.9 Å².